The number of para-hydroxylation sites is 1. The van der Waals surface area contributed by atoms with Crippen molar-refractivity contribution in [2.75, 3.05) is 39.0 Å². The summed E-state index contributed by atoms with van der Waals surface area (Å²) in [5.41, 5.74) is 0.961. The highest BCUT2D eigenvalue weighted by molar-refractivity contribution is 5.91. The van der Waals surface area contributed by atoms with Crippen molar-refractivity contribution in [1.29, 1.82) is 0 Å². The Kier molecular flexibility index (Phi) is 6.36. The highest BCUT2D eigenvalue weighted by Crippen LogP contribution is 2.29. The number of nitrogens with one attached hydrogen (secondary N) is 1. The van der Waals surface area contributed by atoms with E-state index in [4.69, 9.17) is 0 Å². The Morgan fingerprint density at radius 1 is 1.50 bits per heavy atom. The minimum Gasteiger partial charge on any atom is -0.433 e. The van der Waals surface area contributed by atoms with Crippen molar-refractivity contribution in [1.82, 2.24) is 9.80 Å². The number of hydrogen-bond acceptors (Lipinski definition) is 3. The molecule has 0 spiro atoms. The number of rotatable bonds is 5. The molecule has 0 aromatic heterocycles. The number of likely N-dealkylation sites (tertiary alicyclic amines) is 1. The summed E-state index contributed by atoms with van der Waals surface area (Å²) in [6.07, 6.45) is 2.22. The Balaban J connectivity index is 2.00. The number of ether oxygens (including phenoxy) is 1. The highest BCUT2D eigenvalue weighted by Gasteiger charge is 2.22. The van der Waals surface area contributed by atoms with Crippen molar-refractivity contribution in [3.8, 4) is 5.75 Å². The van der Waals surface area contributed by atoms with Crippen LogP contribution in [0.1, 0.15) is 18.4 Å². The Morgan fingerprint density at radius 3 is 2.92 bits per heavy atom. The van der Waals surface area contributed by atoms with Crippen LogP contribution in [0.15, 0.2) is 18.2 Å². The summed E-state index contributed by atoms with van der Waals surface area (Å²) in [7, 11) is 3.80. The fourth-order valence-corrected chi connectivity index (χ4v) is 3.09. The van der Waals surface area contributed by atoms with E-state index in [1.165, 1.54) is 6.07 Å². The second-order valence-electron chi connectivity index (χ2n) is 6.41. The minimum absolute atomic E-state index is 0.0239. The molecule has 1 saturated heterocycles. The van der Waals surface area contributed by atoms with Gasteiger partial charge < -0.3 is 19.9 Å². The zero-order valence-electron chi connectivity index (χ0n) is 14.4. The summed E-state index contributed by atoms with van der Waals surface area (Å²) in [4.78, 5) is 16.3. The van der Waals surface area contributed by atoms with E-state index in [1.807, 2.05) is 0 Å². The molecule has 0 bridgehead atoms. The van der Waals surface area contributed by atoms with E-state index >= 15 is 0 Å². The van der Waals surface area contributed by atoms with E-state index in [0.29, 0.717) is 18.0 Å². The quantitative estimate of drug-likeness (QED) is 0.893. The number of piperidine rings is 1. The van der Waals surface area contributed by atoms with E-state index in [2.05, 4.69) is 22.0 Å². The van der Waals surface area contributed by atoms with Crippen LogP contribution in [0, 0.1) is 12.8 Å². The molecule has 2 rings (SSSR count). The van der Waals surface area contributed by atoms with Gasteiger partial charge in [-0.05, 0) is 50.9 Å². The maximum Gasteiger partial charge on any atom is 0.387 e. The molecule has 2 amide bonds. The van der Waals surface area contributed by atoms with Crippen LogP contribution in [-0.2, 0) is 0 Å². The number of urea groups is 1. The Morgan fingerprint density at radius 2 is 2.25 bits per heavy atom. The van der Waals surface area contributed by atoms with Gasteiger partial charge in [0.15, 0.2) is 0 Å². The zero-order chi connectivity index (χ0) is 17.7. The molecule has 7 heteroatoms. The zero-order valence-corrected chi connectivity index (χ0v) is 14.4. The van der Waals surface area contributed by atoms with Crippen molar-refractivity contribution in [3.05, 3.63) is 23.8 Å². The summed E-state index contributed by atoms with van der Waals surface area (Å²) in [5.74, 6) is 0.400. The van der Waals surface area contributed by atoms with E-state index < -0.39 is 6.61 Å². The highest BCUT2D eigenvalue weighted by atomic mass is 19.3. The second-order valence-corrected chi connectivity index (χ2v) is 6.41. The molecule has 1 aliphatic heterocycles. The Bertz CT molecular complexity index is 569. The molecule has 1 N–H and O–H groups in total. The number of halogens is 2. The maximum atomic E-state index is 12.5. The molecule has 24 heavy (non-hydrogen) atoms. The monoisotopic (exact) mass is 341 g/mol. The number of alkyl halides is 2. The molecule has 0 aliphatic carbocycles. The van der Waals surface area contributed by atoms with Crippen LogP contribution in [0.5, 0.6) is 5.75 Å². The molecule has 1 fully saturated rings. The number of benzene rings is 1. The van der Waals surface area contributed by atoms with Crippen molar-refractivity contribution >= 4 is 11.7 Å². The largest absolute Gasteiger partial charge is 0.433 e. The maximum absolute atomic E-state index is 12.5. The fraction of sp³-hybridized carbons (Fsp3) is 0.588. The van der Waals surface area contributed by atoms with Crippen molar-refractivity contribution in [3.63, 3.8) is 0 Å². The van der Waals surface area contributed by atoms with Gasteiger partial charge in [-0.15, -0.1) is 0 Å². The molecule has 5 nitrogen and oxygen atoms in total. The Labute approximate surface area is 141 Å². The number of carbonyl (C=O) groups is 1. The van der Waals surface area contributed by atoms with Crippen LogP contribution in [0.4, 0.5) is 19.3 Å². The Hall–Kier alpha value is -1.89. The van der Waals surface area contributed by atoms with E-state index in [9.17, 15) is 13.6 Å². The number of nitrogens with zero attached hydrogens (tertiary/aromatic N) is 2. The lowest BCUT2D eigenvalue weighted by atomic mass is 9.98. The lowest BCUT2D eigenvalue weighted by molar-refractivity contribution is -0.0493. The van der Waals surface area contributed by atoms with Crippen LogP contribution in [0.25, 0.3) is 0 Å². The molecule has 134 valence electrons. The molecule has 1 aromatic carbocycles. The van der Waals surface area contributed by atoms with Crippen LogP contribution in [-0.4, -0.2) is 56.2 Å². The SMILES string of the molecule is Cc1cccc(OC(F)F)c1NC(=O)N(C)C[C@H]1CCCN(C)C1. The van der Waals surface area contributed by atoms with Gasteiger partial charge >= 0.3 is 12.6 Å². The predicted molar refractivity (Wildman–Crippen MR) is 89.7 cm³/mol. The lowest BCUT2D eigenvalue weighted by Gasteiger charge is -2.32. The lowest BCUT2D eigenvalue weighted by Crippen LogP contribution is -2.41. The normalized spacial score (nSPS) is 18.5. The summed E-state index contributed by atoms with van der Waals surface area (Å²) in [6, 6.07) is 4.45. The molecule has 1 heterocycles. The summed E-state index contributed by atoms with van der Waals surface area (Å²) >= 11 is 0. The third-order valence-electron chi connectivity index (χ3n) is 4.28. The molecular weight excluding hydrogens is 316 g/mol. The topological polar surface area (TPSA) is 44.8 Å². The first-order valence-corrected chi connectivity index (χ1v) is 8.12. The molecule has 0 saturated carbocycles. The van der Waals surface area contributed by atoms with Gasteiger partial charge in [0.25, 0.3) is 0 Å². The molecular formula is C17H25F2N3O2. The van der Waals surface area contributed by atoms with Gasteiger partial charge in [-0.25, -0.2) is 4.79 Å². The van der Waals surface area contributed by atoms with Gasteiger partial charge in [0, 0.05) is 20.1 Å². The van der Waals surface area contributed by atoms with Gasteiger partial charge in [0.05, 0.1) is 5.69 Å². The molecule has 1 atom stereocenters. The van der Waals surface area contributed by atoms with Crippen molar-refractivity contribution < 1.29 is 18.3 Å². The van der Waals surface area contributed by atoms with Gasteiger partial charge in [0.2, 0.25) is 0 Å². The number of aryl methyl sites for hydroxylation is 1. The third kappa shape index (κ3) is 5.06. The minimum atomic E-state index is -2.93. The van der Waals surface area contributed by atoms with Crippen LogP contribution < -0.4 is 10.1 Å². The van der Waals surface area contributed by atoms with Crippen LogP contribution >= 0.6 is 0 Å². The van der Waals surface area contributed by atoms with Crippen LogP contribution in [0.2, 0.25) is 0 Å². The first kappa shape index (κ1) is 18.4. The van der Waals surface area contributed by atoms with E-state index in [-0.39, 0.29) is 17.5 Å². The first-order valence-electron chi connectivity index (χ1n) is 8.12. The number of amides is 2. The van der Waals surface area contributed by atoms with Gasteiger partial charge in [-0.3, -0.25) is 0 Å². The number of carbonyl (C=O) groups excluding carboxylic acids is 1. The third-order valence-corrected chi connectivity index (χ3v) is 4.28. The molecule has 1 aromatic rings. The van der Waals surface area contributed by atoms with Gasteiger partial charge in [-0.1, -0.05) is 12.1 Å². The predicted octanol–water partition coefficient (Wildman–Crippen LogP) is 3.40. The average molecular weight is 341 g/mol. The van der Waals surface area contributed by atoms with Crippen molar-refractivity contribution in [2.45, 2.75) is 26.4 Å². The van der Waals surface area contributed by atoms with Crippen molar-refractivity contribution in [2.24, 2.45) is 5.92 Å². The summed E-state index contributed by atoms with van der Waals surface area (Å²) in [6.45, 7) is 1.49. The van der Waals surface area contributed by atoms with E-state index in [0.717, 1.165) is 25.9 Å². The number of anilines is 1. The second kappa shape index (κ2) is 8.28. The average Bonchev–Trinajstić information content (AvgIpc) is 2.50. The standard InChI is InChI=1S/C17H25F2N3O2/c1-12-6-4-8-14(24-16(18)19)15(12)20-17(23)22(3)11-13-7-5-9-21(2)10-13/h4,6,8,13,16H,5,7,9-11H2,1-3H3,(H,20,23)/t13-/m0/s1. The summed E-state index contributed by atoms with van der Waals surface area (Å²) in [5, 5.41) is 2.70. The number of hydrogen-bond donors (Lipinski definition) is 1. The molecule has 0 unspecified atom stereocenters. The molecule has 1 aliphatic rings. The van der Waals surface area contributed by atoms with E-state index in [1.54, 1.807) is 31.0 Å². The first-order chi connectivity index (χ1) is 11.4. The summed E-state index contributed by atoms with van der Waals surface area (Å²) < 4.78 is 29.5. The fourth-order valence-electron chi connectivity index (χ4n) is 3.09. The smallest absolute Gasteiger partial charge is 0.387 e. The van der Waals surface area contributed by atoms with Gasteiger partial charge in [-0.2, -0.15) is 8.78 Å². The van der Waals surface area contributed by atoms with Gasteiger partial charge in [0.1, 0.15) is 5.75 Å². The molecule has 0 radical (unpaired) electrons. The van der Waals surface area contributed by atoms with Crippen LogP contribution in [0.3, 0.4) is 0 Å².